The van der Waals surface area contributed by atoms with Crippen LogP contribution in [0.15, 0.2) is 84.9 Å². The second-order valence-corrected chi connectivity index (χ2v) is 12.1. The van der Waals surface area contributed by atoms with Crippen LogP contribution in [0.3, 0.4) is 0 Å². The maximum Gasteiger partial charge on any atom is 0.230 e. The number of hydrogen-bond acceptors (Lipinski definition) is 4. The molecule has 2 amide bonds. The zero-order chi connectivity index (χ0) is 29.1. The fraction of sp³-hybridized carbons (Fsp3) is 0.235. The van der Waals surface area contributed by atoms with Crippen molar-refractivity contribution in [1.29, 1.82) is 0 Å². The Hall–Kier alpha value is -4.00. The molecule has 2 saturated heterocycles. The summed E-state index contributed by atoms with van der Waals surface area (Å²) in [7, 11) is 3.70. The van der Waals surface area contributed by atoms with Crippen LogP contribution >= 0.6 is 23.2 Å². The van der Waals surface area contributed by atoms with Crippen LogP contribution in [0.4, 0.5) is 0 Å². The van der Waals surface area contributed by atoms with E-state index >= 15 is 0 Å². The fourth-order valence-corrected chi connectivity index (χ4v) is 7.12. The highest BCUT2D eigenvalue weighted by atomic mass is 35.5. The quantitative estimate of drug-likeness (QED) is 0.209. The number of halogens is 2. The summed E-state index contributed by atoms with van der Waals surface area (Å²) >= 11 is 12.3. The first-order valence-electron chi connectivity index (χ1n) is 13.9. The molecule has 212 valence electrons. The van der Waals surface area contributed by atoms with E-state index in [0.29, 0.717) is 23.1 Å². The molecule has 8 heteroatoms. The standard InChI is InChI=1S/2C17H14ClNO2/c2*1-19-9-13-11-4-2-3-5-14(11)21-15-7-6-10(18)8-12(15)16(13)17(19)20/h2*2-8,13,16H,9H2,1H3/t13-,16+;13-,16-/m11/s1. The third kappa shape index (κ3) is 4.41. The number of fused-ring (bicyclic) bond motifs is 10. The maximum atomic E-state index is 12.6. The monoisotopic (exact) mass is 598 g/mol. The largest absolute Gasteiger partial charge is 0.457 e. The number of carbonyl (C=O) groups excluding carboxylic acids is 2. The number of rotatable bonds is 0. The average molecular weight is 600 g/mol. The van der Waals surface area contributed by atoms with Gasteiger partial charge in [-0.1, -0.05) is 59.6 Å². The van der Waals surface area contributed by atoms with Gasteiger partial charge in [0.25, 0.3) is 0 Å². The Kier molecular flexibility index (Phi) is 6.63. The number of likely N-dealkylation sites (tertiary alicyclic amines) is 2. The Balaban J connectivity index is 0.000000137. The molecule has 0 spiro atoms. The number of benzene rings is 4. The van der Waals surface area contributed by atoms with Gasteiger partial charge in [-0.3, -0.25) is 9.59 Å². The van der Waals surface area contributed by atoms with Gasteiger partial charge in [-0.05, 0) is 48.5 Å². The molecule has 0 saturated carbocycles. The molecule has 8 rings (SSSR count). The first-order valence-corrected chi connectivity index (χ1v) is 14.7. The SMILES string of the molecule is CN1C[C@@H]2c3ccccc3Oc3ccc(Cl)cc3[C@@H]2C1=O.CN1C[C@@H]2c3ccccc3Oc3ccc(Cl)cc3[C@H]2C1=O. The first-order chi connectivity index (χ1) is 20.3. The molecule has 0 radical (unpaired) electrons. The van der Waals surface area contributed by atoms with Gasteiger partial charge in [0, 0.05) is 71.3 Å². The van der Waals surface area contributed by atoms with E-state index in [4.69, 9.17) is 32.7 Å². The normalized spacial score (nSPS) is 23.0. The van der Waals surface area contributed by atoms with Crippen molar-refractivity contribution in [3.05, 3.63) is 117 Å². The summed E-state index contributed by atoms with van der Waals surface area (Å²) in [5, 5.41) is 1.26. The van der Waals surface area contributed by atoms with E-state index in [9.17, 15) is 9.59 Å². The van der Waals surface area contributed by atoms with Crippen molar-refractivity contribution >= 4 is 35.0 Å². The van der Waals surface area contributed by atoms with Crippen LogP contribution in [0.25, 0.3) is 0 Å². The molecule has 0 N–H and O–H groups in total. The number of ether oxygens (including phenoxy) is 2. The van der Waals surface area contributed by atoms with Gasteiger partial charge in [0.05, 0.1) is 11.8 Å². The highest BCUT2D eigenvalue weighted by molar-refractivity contribution is 6.31. The van der Waals surface area contributed by atoms with Crippen LogP contribution in [0.1, 0.15) is 45.9 Å². The van der Waals surface area contributed by atoms with E-state index in [2.05, 4.69) is 0 Å². The minimum Gasteiger partial charge on any atom is -0.457 e. The molecule has 42 heavy (non-hydrogen) atoms. The van der Waals surface area contributed by atoms with Gasteiger partial charge in [-0.2, -0.15) is 0 Å². The Labute approximate surface area is 254 Å². The number of amides is 2. The van der Waals surface area contributed by atoms with E-state index < -0.39 is 0 Å². The van der Waals surface area contributed by atoms with Gasteiger partial charge >= 0.3 is 0 Å². The van der Waals surface area contributed by atoms with Crippen LogP contribution in [0.5, 0.6) is 23.0 Å². The summed E-state index contributed by atoms with van der Waals surface area (Å²) < 4.78 is 12.1. The van der Waals surface area contributed by atoms with Crippen LogP contribution in [0, 0.1) is 0 Å². The number of carbonyl (C=O) groups is 2. The topological polar surface area (TPSA) is 59.1 Å². The Morgan fingerprint density at radius 3 is 1.38 bits per heavy atom. The maximum absolute atomic E-state index is 12.6. The summed E-state index contributed by atoms with van der Waals surface area (Å²) in [6, 6.07) is 26.9. The van der Waals surface area contributed by atoms with Crippen molar-refractivity contribution in [2.24, 2.45) is 0 Å². The molecule has 0 aromatic heterocycles. The van der Waals surface area contributed by atoms with Gasteiger partial charge < -0.3 is 19.3 Å². The number of nitrogens with zero attached hydrogens (tertiary/aromatic N) is 2. The van der Waals surface area contributed by atoms with Gasteiger partial charge in [-0.15, -0.1) is 0 Å². The minimum atomic E-state index is -0.215. The van der Waals surface area contributed by atoms with Gasteiger partial charge in [0.15, 0.2) is 0 Å². The predicted molar refractivity (Wildman–Crippen MR) is 162 cm³/mol. The van der Waals surface area contributed by atoms with Crippen LogP contribution in [-0.2, 0) is 9.59 Å². The summed E-state index contributed by atoms with van der Waals surface area (Å²) in [4.78, 5) is 28.8. The summed E-state index contributed by atoms with van der Waals surface area (Å²) in [6.45, 7) is 1.41. The van der Waals surface area contributed by atoms with E-state index in [-0.39, 0.29) is 35.5 Å². The van der Waals surface area contributed by atoms with Gasteiger partial charge in [0.1, 0.15) is 23.0 Å². The van der Waals surface area contributed by atoms with E-state index in [1.54, 1.807) is 21.9 Å². The fourth-order valence-electron chi connectivity index (χ4n) is 6.76. The second-order valence-electron chi connectivity index (χ2n) is 11.2. The summed E-state index contributed by atoms with van der Waals surface area (Å²) in [6.07, 6.45) is 0. The van der Waals surface area contributed by atoms with Gasteiger partial charge in [-0.25, -0.2) is 0 Å². The highest BCUT2D eigenvalue weighted by Crippen LogP contribution is 2.51. The molecule has 0 aliphatic carbocycles. The van der Waals surface area contributed by atoms with Crippen molar-refractivity contribution in [2.75, 3.05) is 27.2 Å². The molecule has 4 heterocycles. The molecule has 0 bridgehead atoms. The van der Waals surface area contributed by atoms with Crippen molar-refractivity contribution in [1.82, 2.24) is 9.80 Å². The van der Waals surface area contributed by atoms with Crippen LogP contribution in [-0.4, -0.2) is 48.8 Å². The molecule has 2 fully saturated rings. The third-order valence-corrected chi connectivity index (χ3v) is 9.19. The van der Waals surface area contributed by atoms with Crippen molar-refractivity contribution < 1.29 is 19.1 Å². The third-order valence-electron chi connectivity index (χ3n) is 8.72. The van der Waals surface area contributed by atoms with Crippen molar-refractivity contribution in [3.8, 4) is 23.0 Å². The predicted octanol–water partition coefficient (Wildman–Crippen LogP) is 7.57. The molecule has 4 aliphatic heterocycles. The smallest absolute Gasteiger partial charge is 0.230 e. The molecule has 6 nitrogen and oxygen atoms in total. The lowest BCUT2D eigenvalue weighted by atomic mass is 9.84. The van der Waals surface area contributed by atoms with Crippen LogP contribution in [0.2, 0.25) is 10.0 Å². The average Bonchev–Trinajstić information content (AvgIpc) is 3.34. The molecule has 4 aliphatic rings. The number of hydrogen-bond donors (Lipinski definition) is 0. The summed E-state index contributed by atoms with van der Waals surface area (Å²) in [5.41, 5.74) is 3.95. The lowest BCUT2D eigenvalue weighted by Gasteiger charge is -2.15. The lowest BCUT2D eigenvalue weighted by molar-refractivity contribution is -0.128. The second kappa shape index (κ2) is 10.4. The van der Waals surface area contributed by atoms with Crippen LogP contribution < -0.4 is 9.47 Å². The Morgan fingerprint density at radius 2 is 0.952 bits per heavy atom. The highest BCUT2D eigenvalue weighted by Gasteiger charge is 2.45. The van der Waals surface area contributed by atoms with Crippen molar-refractivity contribution in [2.45, 2.75) is 23.7 Å². The molecular weight excluding hydrogens is 571 g/mol. The molecule has 4 aromatic carbocycles. The molecule has 4 atom stereocenters. The molecular formula is C34H28Cl2N2O4. The zero-order valence-electron chi connectivity index (χ0n) is 23.1. The van der Waals surface area contributed by atoms with E-state index in [0.717, 1.165) is 45.3 Å². The van der Waals surface area contributed by atoms with E-state index in [1.165, 1.54) is 0 Å². The molecule has 0 unspecified atom stereocenters. The van der Waals surface area contributed by atoms with Crippen molar-refractivity contribution in [3.63, 3.8) is 0 Å². The number of likely N-dealkylation sites (N-methyl/N-ethyl adjacent to an activating group) is 2. The minimum absolute atomic E-state index is 0.110. The zero-order valence-corrected chi connectivity index (χ0v) is 24.6. The van der Waals surface area contributed by atoms with Gasteiger partial charge in [0.2, 0.25) is 11.8 Å². The summed E-state index contributed by atoms with van der Waals surface area (Å²) in [5.74, 6) is 3.16. The van der Waals surface area contributed by atoms with E-state index in [1.807, 2.05) is 86.9 Å². The lowest BCUT2D eigenvalue weighted by Crippen LogP contribution is -2.21. The Morgan fingerprint density at radius 1 is 0.571 bits per heavy atom. The number of para-hydroxylation sites is 2. The Bertz CT molecular complexity index is 1610. The molecule has 4 aromatic rings. The first kappa shape index (κ1) is 26.9.